The Kier molecular flexibility index (Phi) is 17.7. The summed E-state index contributed by atoms with van der Waals surface area (Å²) in [4.78, 5) is 0. The van der Waals surface area contributed by atoms with Crippen LogP contribution in [0.2, 0.25) is 0 Å². The van der Waals surface area contributed by atoms with Crippen LogP contribution in [-0.4, -0.2) is 17.3 Å². The molecule has 0 amide bonds. The topological polar surface area (TPSA) is 46.2 Å². The predicted molar refractivity (Wildman–Crippen MR) is 104 cm³/mol. The van der Waals surface area contributed by atoms with Crippen LogP contribution in [0, 0.1) is 0 Å². The van der Waals surface area contributed by atoms with Gasteiger partial charge in [0.1, 0.15) is 0 Å². The lowest BCUT2D eigenvalue weighted by molar-refractivity contribution is 0.172. The van der Waals surface area contributed by atoms with Gasteiger partial charge in [0, 0.05) is 6.04 Å². The normalized spacial score (nSPS) is 14.4. The van der Waals surface area contributed by atoms with Gasteiger partial charge >= 0.3 is 0 Å². The number of rotatable bonds is 17. The fraction of sp³-hybridized carbons (Fsp3) is 0.905. The number of aliphatic hydroxyl groups excluding tert-OH is 1. The third kappa shape index (κ3) is 19.6. The molecule has 0 bridgehead atoms. The summed E-state index contributed by atoms with van der Waals surface area (Å²) in [7, 11) is 0. The summed E-state index contributed by atoms with van der Waals surface area (Å²) >= 11 is 0. The lowest BCUT2D eigenvalue weighted by Gasteiger charge is -2.12. The van der Waals surface area contributed by atoms with Crippen LogP contribution < -0.4 is 5.73 Å². The van der Waals surface area contributed by atoms with Crippen LogP contribution in [0.4, 0.5) is 0 Å². The Morgan fingerprint density at radius 3 is 1.78 bits per heavy atom. The van der Waals surface area contributed by atoms with E-state index in [1.54, 1.807) is 0 Å². The first-order valence-corrected chi connectivity index (χ1v) is 10.3. The first-order valence-electron chi connectivity index (χ1n) is 10.3. The summed E-state index contributed by atoms with van der Waals surface area (Å²) < 4.78 is 0. The van der Waals surface area contributed by atoms with E-state index < -0.39 is 0 Å². The van der Waals surface area contributed by atoms with E-state index in [2.05, 4.69) is 19.1 Å². The third-order valence-corrected chi connectivity index (χ3v) is 4.48. The second-order valence-electron chi connectivity index (χ2n) is 7.22. The van der Waals surface area contributed by atoms with Crippen LogP contribution in [-0.2, 0) is 0 Å². The van der Waals surface area contributed by atoms with Gasteiger partial charge in [-0.25, -0.2) is 0 Å². The smallest absolute Gasteiger partial charge is 0.0526 e. The fourth-order valence-electron chi connectivity index (χ4n) is 3.03. The molecular formula is C21H43NO. The molecule has 0 aliphatic rings. The molecule has 0 radical (unpaired) electrons. The van der Waals surface area contributed by atoms with Crippen molar-refractivity contribution in [1.82, 2.24) is 0 Å². The Hall–Kier alpha value is -0.340. The van der Waals surface area contributed by atoms with E-state index in [9.17, 15) is 5.11 Å². The van der Waals surface area contributed by atoms with Gasteiger partial charge in [-0.3, -0.25) is 0 Å². The second kappa shape index (κ2) is 18.0. The summed E-state index contributed by atoms with van der Waals surface area (Å²) in [6, 6.07) is 0.180. The van der Waals surface area contributed by atoms with Crippen LogP contribution in [0.5, 0.6) is 0 Å². The SMILES string of the molecule is CCCCCCCC/C=C\CCCCCCCC(N)CC(C)O. The van der Waals surface area contributed by atoms with Gasteiger partial charge in [0.2, 0.25) is 0 Å². The maximum absolute atomic E-state index is 9.26. The Morgan fingerprint density at radius 1 is 0.783 bits per heavy atom. The summed E-state index contributed by atoms with van der Waals surface area (Å²) in [5.41, 5.74) is 5.96. The first kappa shape index (κ1) is 22.7. The van der Waals surface area contributed by atoms with Crippen LogP contribution in [0.15, 0.2) is 12.2 Å². The van der Waals surface area contributed by atoms with Crippen molar-refractivity contribution in [3.8, 4) is 0 Å². The zero-order chi connectivity index (χ0) is 17.2. The highest BCUT2D eigenvalue weighted by Gasteiger charge is 2.05. The Labute approximate surface area is 145 Å². The minimum Gasteiger partial charge on any atom is -0.393 e. The maximum Gasteiger partial charge on any atom is 0.0526 e. The van der Waals surface area contributed by atoms with E-state index >= 15 is 0 Å². The van der Waals surface area contributed by atoms with E-state index in [0.29, 0.717) is 0 Å². The van der Waals surface area contributed by atoms with Crippen LogP contribution >= 0.6 is 0 Å². The van der Waals surface area contributed by atoms with Crippen molar-refractivity contribution in [1.29, 1.82) is 0 Å². The Morgan fingerprint density at radius 2 is 1.26 bits per heavy atom. The number of allylic oxidation sites excluding steroid dienone is 2. The minimum absolute atomic E-state index is 0.180. The maximum atomic E-state index is 9.26. The van der Waals surface area contributed by atoms with E-state index in [0.717, 1.165) is 12.8 Å². The molecule has 0 aromatic heterocycles. The minimum atomic E-state index is -0.256. The monoisotopic (exact) mass is 325 g/mol. The van der Waals surface area contributed by atoms with Gasteiger partial charge in [0.25, 0.3) is 0 Å². The highest BCUT2D eigenvalue weighted by atomic mass is 16.3. The van der Waals surface area contributed by atoms with E-state index in [4.69, 9.17) is 5.73 Å². The first-order chi connectivity index (χ1) is 11.2. The van der Waals surface area contributed by atoms with Gasteiger partial charge in [0.05, 0.1) is 6.10 Å². The highest BCUT2D eigenvalue weighted by Crippen LogP contribution is 2.11. The molecule has 3 N–H and O–H groups in total. The van der Waals surface area contributed by atoms with Crippen molar-refractivity contribution >= 4 is 0 Å². The molecule has 2 atom stereocenters. The zero-order valence-electron chi connectivity index (χ0n) is 15.9. The van der Waals surface area contributed by atoms with Gasteiger partial charge in [-0.1, -0.05) is 76.9 Å². The number of aliphatic hydroxyl groups is 1. The van der Waals surface area contributed by atoms with Crippen molar-refractivity contribution in [3.63, 3.8) is 0 Å². The lowest BCUT2D eigenvalue weighted by atomic mass is 10.0. The molecule has 0 saturated heterocycles. The molecular weight excluding hydrogens is 282 g/mol. The van der Waals surface area contributed by atoms with Crippen LogP contribution in [0.3, 0.4) is 0 Å². The zero-order valence-corrected chi connectivity index (χ0v) is 15.9. The summed E-state index contributed by atoms with van der Waals surface area (Å²) in [5, 5.41) is 9.26. The van der Waals surface area contributed by atoms with E-state index in [1.165, 1.54) is 83.5 Å². The molecule has 2 heteroatoms. The molecule has 0 aromatic carbocycles. The molecule has 0 fully saturated rings. The number of unbranched alkanes of at least 4 members (excludes halogenated alkanes) is 11. The molecule has 138 valence electrons. The molecule has 0 saturated carbocycles. The van der Waals surface area contributed by atoms with Crippen molar-refractivity contribution in [2.24, 2.45) is 5.73 Å². The molecule has 0 heterocycles. The van der Waals surface area contributed by atoms with Gasteiger partial charge in [-0.2, -0.15) is 0 Å². The van der Waals surface area contributed by atoms with Gasteiger partial charge < -0.3 is 10.8 Å². The molecule has 2 unspecified atom stereocenters. The molecule has 0 aromatic rings. The molecule has 0 aliphatic heterocycles. The fourth-order valence-corrected chi connectivity index (χ4v) is 3.03. The van der Waals surface area contributed by atoms with Crippen molar-refractivity contribution in [2.45, 2.75) is 122 Å². The highest BCUT2D eigenvalue weighted by molar-refractivity contribution is 4.81. The van der Waals surface area contributed by atoms with Gasteiger partial charge in [-0.05, 0) is 45.4 Å². The molecule has 0 spiro atoms. The summed E-state index contributed by atoms with van der Waals surface area (Å²) in [6.07, 6.45) is 23.7. The average molecular weight is 326 g/mol. The average Bonchev–Trinajstić information content (AvgIpc) is 2.50. The third-order valence-electron chi connectivity index (χ3n) is 4.48. The largest absolute Gasteiger partial charge is 0.393 e. The van der Waals surface area contributed by atoms with Gasteiger partial charge in [0.15, 0.2) is 0 Å². The molecule has 0 aliphatic carbocycles. The standard InChI is InChI=1S/C21H43NO/c1-3-4-5-6-7-8-9-10-11-12-13-14-15-16-17-18-21(22)19-20(2)23/h10-11,20-21,23H,3-9,12-19,22H2,1-2H3/b11-10-. The number of hydrogen-bond donors (Lipinski definition) is 2. The summed E-state index contributed by atoms with van der Waals surface area (Å²) in [6.45, 7) is 4.09. The molecule has 23 heavy (non-hydrogen) atoms. The van der Waals surface area contributed by atoms with Crippen molar-refractivity contribution in [2.75, 3.05) is 0 Å². The second-order valence-corrected chi connectivity index (χ2v) is 7.22. The molecule has 2 nitrogen and oxygen atoms in total. The predicted octanol–water partition coefficient (Wildman–Crippen LogP) is 6.12. The van der Waals surface area contributed by atoms with Crippen LogP contribution in [0.25, 0.3) is 0 Å². The number of hydrogen-bond acceptors (Lipinski definition) is 2. The number of nitrogens with two attached hydrogens (primary N) is 1. The van der Waals surface area contributed by atoms with E-state index in [1.807, 2.05) is 6.92 Å². The Bertz CT molecular complexity index is 250. The van der Waals surface area contributed by atoms with Gasteiger partial charge in [-0.15, -0.1) is 0 Å². The quantitative estimate of drug-likeness (QED) is 0.250. The summed E-state index contributed by atoms with van der Waals surface area (Å²) in [5.74, 6) is 0. The van der Waals surface area contributed by atoms with Crippen LogP contribution in [0.1, 0.15) is 110 Å². The lowest BCUT2D eigenvalue weighted by Crippen LogP contribution is -2.24. The van der Waals surface area contributed by atoms with E-state index in [-0.39, 0.29) is 12.1 Å². The van der Waals surface area contributed by atoms with Crippen molar-refractivity contribution < 1.29 is 5.11 Å². The Balaban J connectivity index is 3.16. The van der Waals surface area contributed by atoms with Crippen molar-refractivity contribution in [3.05, 3.63) is 12.2 Å². The molecule has 0 rings (SSSR count).